The van der Waals surface area contributed by atoms with E-state index in [0.29, 0.717) is 22.8 Å². The van der Waals surface area contributed by atoms with Gasteiger partial charge < -0.3 is 20.4 Å². The molecule has 0 saturated heterocycles. The zero-order chi connectivity index (χ0) is 15.4. The Balaban J connectivity index is 2.24. The highest BCUT2D eigenvalue weighted by molar-refractivity contribution is 9.11. The van der Waals surface area contributed by atoms with Crippen LogP contribution in [0.4, 0.5) is 0 Å². The van der Waals surface area contributed by atoms with Gasteiger partial charge in [0.2, 0.25) is 0 Å². The quantitative estimate of drug-likeness (QED) is 0.341. The summed E-state index contributed by atoms with van der Waals surface area (Å²) in [4.78, 5) is 0. The summed E-state index contributed by atoms with van der Waals surface area (Å²) in [6.07, 6.45) is 0. The second-order valence-electron chi connectivity index (χ2n) is 4.03. The Morgan fingerprint density at radius 3 is 2.24 bits per heavy atom. The lowest BCUT2D eigenvalue weighted by Crippen LogP contribution is -2.12. The molecule has 0 fully saturated rings. The van der Waals surface area contributed by atoms with Crippen molar-refractivity contribution >= 4 is 37.7 Å². The van der Waals surface area contributed by atoms with Crippen molar-refractivity contribution in [2.75, 3.05) is 7.11 Å². The maximum atomic E-state index is 8.62. The lowest BCUT2D eigenvalue weighted by Gasteiger charge is -2.11. The number of benzene rings is 2. The van der Waals surface area contributed by atoms with Gasteiger partial charge in [-0.25, -0.2) is 0 Å². The summed E-state index contributed by atoms with van der Waals surface area (Å²) >= 11 is 6.84. The smallest absolute Gasteiger partial charge is 0.170 e. The molecule has 2 aromatic carbocycles. The molecule has 110 valence electrons. The van der Waals surface area contributed by atoms with Gasteiger partial charge in [-0.3, -0.25) is 0 Å². The van der Waals surface area contributed by atoms with Crippen LogP contribution in [0.2, 0.25) is 0 Å². The van der Waals surface area contributed by atoms with Crippen LogP contribution in [0.3, 0.4) is 0 Å². The molecular weight excluding hydrogens is 404 g/mol. The van der Waals surface area contributed by atoms with E-state index in [4.69, 9.17) is 20.4 Å². The van der Waals surface area contributed by atoms with E-state index >= 15 is 0 Å². The van der Waals surface area contributed by atoms with E-state index in [2.05, 4.69) is 37.0 Å². The minimum absolute atomic E-state index is 0.0509. The lowest BCUT2D eigenvalue weighted by molar-refractivity contribution is 0.318. The predicted molar refractivity (Wildman–Crippen MR) is 87.4 cm³/mol. The molecule has 0 aromatic heterocycles. The molecule has 0 aliphatic carbocycles. The van der Waals surface area contributed by atoms with Crippen molar-refractivity contribution in [2.45, 2.75) is 0 Å². The molecule has 0 amide bonds. The molecule has 2 aromatic rings. The van der Waals surface area contributed by atoms with Gasteiger partial charge in [-0.05, 0) is 68.3 Å². The number of rotatable bonds is 4. The van der Waals surface area contributed by atoms with Crippen LogP contribution in [0, 0.1) is 0 Å². The topological polar surface area (TPSA) is 77.1 Å². The minimum atomic E-state index is 0.0509. The van der Waals surface area contributed by atoms with Crippen LogP contribution in [-0.4, -0.2) is 18.2 Å². The Kier molecular flexibility index (Phi) is 5.08. The van der Waals surface area contributed by atoms with Crippen LogP contribution in [0.1, 0.15) is 5.56 Å². The maximum Gasteiger partial charge on any atom is 0.170 e. The van der Waals surface area contributed by atoms with Gasteiger partial charge in [-0.15, -0.1) is 0 Å². The van der Waals surface area contributed by atoms with E-state index < -0.39 is 0 Å². The van der Waals surface area contributed by atoms with Gasteiger partial charge in [0, 0.05) is 5.56 Å². The number of hydrogen-bond donors (Lipinski definition) is 2. The van der Waals surface area contributed by atoms with Gasteiger partial charge in [-0.2, -0.15) is 0 Å². The summed E-state index contributed by atoms with van der Waals surface area (Å²) in [5, 5.41) is 11.6. The summed E-state index contributed by atoms with van der Waals surface area (Å²) in [6.45, 7) is 0. The molecule has 21 heavy (non-hydrogen) atoms. The number of amidine groups is 1. The minimum Gasteiger partial charge on any atom is -0.496 e. The van der Waals surface area contributed by atoms with Crippen LogP contribution in [-0.2, 0) is 0 Å². The molecular formula is C14H12Br2N2O3. The Hall–Kier alpha value is -1.73. The molecule has 5 nitrogen and oxygen atoms in total. The molecule has 7 heteroatoms. The summed E-state index contributed by atoms with van der Waals surface area (Å²) in [5.41, 5.74) is 6.12. The highest BCUT2D eigenvalue weighted by Crippen LogP contribution is 2.38. The first-order valence-corrected chi connectivity index (χ1v) is 7.42. The third-order valence-corrected chi connectivity index (χ3v) is 3.93. The second-order valence-corrected chi connectivity index (χ2v) is 5.74. The van der Waals surface area contributed by atoms with Crippen LogP contribution >= 0.6 is 31.9 Å². The molecule has 0 atom stereocenters. The van der Waals surface area contributed by atoms with E-state index in [1.807, 2.05) is 6.07 Å². The van der Waals surface area contributed by atoms with Crippen molar-refractivity contribution < 1.29 is 14.7 Å². The third-order valence-electron chi connectivity index (χ3n) is 2.69. The summed E-state index contributed by atoms with van der Waals surface area (Å²) < 4.78 is 12.5. The zero-order valence-electron chi connectivity index (χ0n) is 11.0. The standard InChI is InChI=1S/C14H12Br2N2O3/c1-20-12-6-11(16)13(7-10(12)15)21-9-4-2-8(3-5-9)14(17)18-19/h2-7,19H,1H3,(H2,17,18). The molecule has 0 aliphatic rings. The highest BCUT2D eigenvalue weighted by atomic mass is 79.9. The maximum absolute atomic E-state index is 8.62. The number of methoxy groups -OCH3 is 1. The Labute approximate surface area is 138 Å². The molecule has 0 radical (unpaired) electrons. The number of hydrogen-bond acceptors (Lipinski definition) is 4. The van der Waals surface area contributed by atoms with E-state index in [1.54, 1.807) is 37.4 Å². The van der Waals surface area contributed by atoms with Crippen molar-refractivity contribution in [1.82, 2.24) is 0 Å². The molecule has 0 heterocycles. The number of ether oxygens (including phenoxy) is 2. The number of nitrogens with zero attached hydrogens (tertiary/aromatic N) is 1. The predicted octanol–water partition coefficient (Wildman–Crippen LogP) is 4.11. The molecule has 0 aliphatic heterocycles. The normalized spacial score (nSPS) is 11.3. The Morgan fingerprint density at radius 2 is 1.67 bits per heavy atom. The lowest BCUT2D eigenvalue weighted by atomic mass is 10.2. The summed E-state index contributed by atoms with van der Waals surface area (Å²) in [5.74, 6) is 2.02. The first-order valence-electron chi connectivity index (χ1n) is 5.84. The first-order chi connectivity index (χ1) is 10.0. The van der Waals surface area contributed by atoms with Crippen molar-refractivity contribution in [3.63, 3.8) is 0 Å². The fourth-order valence-corrected chi connectivity index (χ4v) is 2.51. The van der Waals surface area contributed by atoms with Crippen LogP contribution in [0.25, 0.3) is 0 Å². The van der Waals surface area contributed by atoms with Gasteiger partial charge in [-0.1, -0.05) is 5.16 Å². The van der Waals surface area contributed by atoms with Crippen molar-refractivity contribution in [1.29, 1.82) is 0 Å². The van der Waals surface area contributed by atoms with Gasteiger partial charge in [0.1, 0.15) is 17.2 Å². The summed E-state index contributed by atoms with van der Waals surface area (Å²) in [7, 11) is 1.60. The Bertz CT molecular complexity index is 673. The van der Waals surface area contributed by atoms with Crippen LogP contribution in [0.15, 0.2) is 50.5 Å². The largest absolute Gasteiger partial charge is 0.496 e. The fraction of sp³-hybridized carbons (Fsp3) is 0.0714. The van der Waals surface area contributed by atoms with Crippen LogP contribution in [0.5, 0.6) is 17.2 Å². The summed E-state index contributed by atoms with van der Waals surface area (Å²) in [6, 6.07) is 10.5. The van der Waals surface area contributed by atoms with E-state index in [-0.39, 0.29) is 5.84 Å². The SMILES string of the molecule is COc1cc(Br)c(Oc2ccc(C(N)=NO)cc2)cc1Br. The van der Waals surface area contributed by atoms with Gasteiger partial charge in [0.05, 0.1) is 16.1 Å². The highest BCUT2D eigenvalue weighted by Gasteiger charge is 2.09. The number of halogens is 2. The second kappa shape index (κ2) is 6.82. The Morgan fingerprint density at radius 1 is 1.10 bits per heavy atom. The van der Waals surface area contributed by atoms with E-state index in [1.165, 1.54) is 0 Å². The third kappa shape index (κ3) is 3.68. The fourth-order valence-electron chi connectivity index (χ4n) is 1.62. The zero-order valence-corrected chi connectivity index (χ0v) is 14.2. The molecule has 2 rings (SSSR count). The van der Waals surface area contributed by atoms with Gasteiger partial charge in [0.25, 0.3) is 0 Å². The van der Waals surface area contributed by atoms with Crippen molar-refractivity contribution in [2.24, 2.45) is 10.9 Å². The van der Waals surface area contributed by atoms with Gasteiger partial charge >= 0.3 is 0 Å². The average Bonchev–Trinajstić information content (AvgIpc) is 2.50. The number of oxime groups is 1. The van der Waals surface area contributed by atoms with E-state index in [0.717, 1.165) is 8.95 Å². The molecule has 0 bridgehead atoms. The number of nitrogens with two attached hydrogens (primary N) is 1. The molecule has 0 unspecified atom stereocenters. The van der Waals surface area contributed by atoms with Gasteiger partial charge in [0.15, 0.2) is 5.84 Å². The molecule has 3 N–H and O–H groups in total. The van der Waals surface area contributed by atoms with E-state index in [9.17, 15) is 0 Å². The van der Waals surface area contributed by atoms with Crippen LogP contribution < -0.4 is 15.2 Å². The molecule has 0 spiro atoms. The van der Waals surface area contributed by atoms with Crippen molar-refractivity contribution in [3.05, 3.63) is 50.9 Å². The average molecular weight is 416 g/mol. The van der Waals surface area contributed by atoms with Crippen molar-refractivity contribution in [3.8, 4) is 17.2 Å². The molecule has 0 saturated carbocycles. The monoisotopic (exact) mass is 414 g/mol. The first kappa shape index (κ1) is 15.7.